The van der Waals surface area contributed by atoms with Crippen molar-refractivity contribution in [3.8, 4) is 0 Å². The van der Waals surface area contributed by atoms with Crippen LogP contribution in [0.5, 0.6) is 0 Å². The summed E-state index contributed by atoms with van der Waals surface area (Å²) in [6.07, 6.45) is -4.44. The van der Waals surface area contributed by atoms with Crippen molar-refractivity contribution in [2.45, 2.75) is 12.7 Å². The van der Waals surface area contributed by atoms with Crippen LogP contribution in [-0.2, 0) is 12.7 Å². The summed E-state index contributed by atoms with van der Waals surface area (Å²) in [6.45, 7) is 2.65. The molecule has 1 aromatic heterocycles. The molecule has 1 aliphatic heterocycles. The molecule has 3 rings (SSSR count). The van der Waals surface area contributed by atoms with Crippen molar-refractivity contribution in [2.75, 3.05) is 31.1 Å². The number of aromatic nitrogens is 1. The van der Waals surface area contributed by atoms with Crippen LogP contribution in [0.3, 0.4) is 0 Å². The monoisotopic (exact) mass is 515 g/mol. The van der Waals surface area contributed by atoms with E-state index >= 15 is 0 Å². The molecule has 148 valence electrons. The molecule has 1 aromatic carbocycles. The van der Waals surface area contributed by atoms with Crippen LogP contribution >= 0.6 is 35.3 Å². The molecule has 0 aliphatic carbocycles. The predicted molar refractivity (Wildman–Crippen MR) is 108 cm³/mol. The van der Waals surface area contributed by atoms with E-state index in [1.807, 2.05) is 4.90 Å². The highest BCUT2D eigenvalue weighted by molar-refractivity contribution is 14.0. The molecule has 0 unspecified atom stereocenters. The van der Waals surface area contributed by atoms with Gasteiger partial charge in [0.25, 0.3) is 0 Å². The molecule has 2 aromatic rings. The van der Waals surface area contributed by atoms with Crippen LogP contribution in [0.4, 0.5) is 23.2 Å². The molecule has 0 atom stereocenters. The Labute approximate surface area is 174 Å². The van der Waals surface area contributed by atoms with Gasteiger partial charge in [-0.2, -0.15) is 13.2 Å². The van der Waals surface area contributed by atoms with Crippen LogP contribution in [0, 0.1) is 5.82 Å². The largest absolute Gasteiger partial charge is 0.434 e. The van der Waals surface area contributed by atoms with E-state index in [1.54, 1.807) is 12.1 Å². The molecule has 2 heterocycles. The summed E-state index contributed by atoms with van der Waals surface area (Å²) in [5.41, 5.74) is 5.99. The maximum absolute atomic E-state index is 13.0. The summed E-state index contributed by atoms with van der Waals surface area (Å²) >= 11 is 0.913. The fourth-order valence-electron chi connectivity index (χ4n) is 2.61. The van der Waals surface area contributed by atoms with E-state index in [0.29, 0.717) is 26.2 Å². The molecule has 1 aliphatic rings. The first-order valence-corrected chi connectivity index (χ1v) is 8.78. The summed E-state index contributed by atoms with van der Waals surface area (Å²) in [5.74, 6) is 0.00662. The zero-order chi connectivity index (χ0) is 18.7. The third kappa shape index (κ3) is 5.67. The Hall–Kier alpha value is -1.63. The first kappa shape index (κ1) is 21.7. The number of anilines is 1. The zero-order valence-electron chi connectivity index (χ0n) is 14.1. The number of alkyl halides is 3. The molecule has 27 heavy (non-hydrogen) atoms. The molecule has 1 saturated heterocycles. The third-order valence-electron chi connectivity index (χ3n) is 4.01. The number of guanidine groups is 1. The second kappa shape index (κ2) is 9.04. The van der Waals surface area contributed by atoms with E-state index in [9.17, 15) is 17.6 Å². The number of hydrogen-bond donors (Lipinski definition) is 1. The van der Waals surface area contributed by atoms with Gasteiger partial charge < -0.3 is 15.5 Å². The van der Waals surface area contributed by atoms with Crippen molar-refractivity contribution in [3.05, 3.63) is 46.2 Å². The van der Waals surface area contributed by atoms with E-state index in [0.717, 1.165) is 22.4 Å². The number of nitrogens with two attached hydrogens (primary N) is 1. The van der Waals surface area contributed by atoms with Gasteiger partial charge in [-0.15, -0.1) is 35.3 Å². The Morgan fingerprint density at radius 1 is 1.15 bits per heavy atom. The molecule has 11 heteroatoms. The van der Waals surface area contributed by atoms with Crippen LogP contribution in [0.25, 0.3) is 0 Å². The number of aliphatic imine (C=N–C) groups is 1. The summed E-state index contributed by atoms with van der Waals surface area (Å²) in [6, 6.07) is 6.29. The number of nitrogens with zero attached hydrogens (tertiary/aromatic N) is 4. The normalized spacial score (nSPS) is 15.6. The quantitative estimate of drug-likeness (QED) is 0.294. The number of benzene rings is 1. The molecule has 0 bridgehead atoms. The van der Waals surface area contributed by atoms with Gasteiger partial charge in [0.05, 0.1) is 6.54 Å². The van der Waals surface area contributed by atoms with E-state index < -0.39 is 11.9 Å². The Morgan fingerprint density at radius 3 is 2.33 bits per heavy atom. The molecule has 0 spiro atoms. The minimum Gasteiger partial charge on any atom is -0.370 e. The topological polar surface area (TPSA) is 57.8 Å². The minimum absolute atomic E-state index is 0. The van der Waals surface area contributed by atoms with E-state index in [-0.39, 0.29) is 47.3 Å². The van der Waals surface area contributed by atoms with Gasteiger partial charge in [0.2, 0.25) is 0 Å². The summed E-state index contributed by atoms with van der Waals surface area (Å²) in [5, 5.41) is 1.24. The summed E-state index contributed by atoms with van der Waals surface area (Å²) in [7, 11) is 0. The average molecular weight is 515 g/mol. The standard InChI is InChI=1S/C16H17F4N5S.HI/c17-11-1-3-12(4-2-11)24-5-7-25(8-6-24)15(21)22-9-14-23-13(10-26-14)16(18,19)20;/h1-4,10H,5-9H2,(H2,21,22);1H. The molecule has 1 fully saturated rings. The van der Waals surface area contributed by atoms with Crippen LogP contribution in [0.15, 0.2) is 34.6 Å². The Bertz CT molecular complexity index is 770. The van der Waals surface area contributed by atoms with Crippen LogP contribution in [0.1, 0.15) is 10.7 Å². The van der Waals surface area contributed by atoms with Crippen molar-refractivity contribution in [1.29, 1.82) is 0 Å². The van der Waals surface area contributed by atoms with Crippen molar-refractivity contribution in [2.24, 2.45) is 10.7 Å². The molecule has 2 N–H and O–H groups in total. The molecular weight excluding hydrogens is 497 g/mol. The van der Waals surface area contributed by atoms with Gasteiger partial charge in [-0.25, -0.2) is 14.4 Å². The lowest BCUT2D eigenvalue weighted by atomic mass is 10.2. The molecule has 5 nitrogen and oxygen atoms in total. The number of thiazole rings is 1. The number of rotatable bonds is 3. The van der Waals surface area contributed by atoms with Gasteiger partial charge in [0, 0.05) is 37.2 Å². The van der Waals surface area contributed by atoms with Gasteiger partial charge in [-0.1, -0.05) is 0 Å². The Balaban J connectivity index is 0.00000261. The lowest BCUT2D eigenvalue weighted by Gasteiger charge is -2.36. The van der Waals surface area contributed by atoms with Crippen LogP contribution < -0.4 is 10.6 Å². The van der Waals surface area contributed by atoms with Crippen molar-refractivity contribution in [1.82, 2.24) is 9.88 Å². The van der Waals surface area contributed by atoms with Gasteiger partial charge in [0.15, 0.2) is 11.7 Å². The Kier molecular flexibility index (Phi) is 7.25. The van der Waals surface area contributed by atoms with Gasteiger partial charge >= 0.3 is 6.18 Å². The number of halogens is 5. The number of piperazine rings is 1. The third-order valence-corrected chi connectivity index (χ3v) is 4.85. The smallest absolute Gasteiger partial charge is 0.370 e. The van der Waals surface area contributed by atoms with Crippen LogP contribution in [0.2, 0.25) is 0 Å². The highest BCUT2D eigenvalue weighted by Gasteiger charge is 2.33. The van der Waals surface area contributed by atoms with Crippen LogP contribution in [-0.4, -0.2) is 42.0 Å². The van der Waals surface area contributed by atoms with Crippen molar-refractivity contribution >= 4 is 47.0 Å². The average Bonchev–Trinajstić information content (AvgIpc) is 3.10. The maximum atomic E-state index is 13.0. The SMILES string of the molecule is I.NC(=NCc1nc(C(F)(F)F)cs1)N1CCN(c2ccc(F)cc2)CC1. The second-order valence-corrected chi connectivity index (χ2v) is 6.69. The highest BCUT2D eigenvalue weighted by Crippen LogP contribution is 2.30. The van der Waals surface area contributed by atoms with Gasteiger partial charge in [-0.3, -0.25) is 0 Å². The predicted octanol–water partition coefficient (Wildman–Crippen LogP) is 3.56. The van der Waals surface area contributed by atoms with E-state index in [2.05, 4.69) is 14.9 Å². The van der Waals surface area contributed by atoms with E-state index in [1.165, 1.54) is 12.1 Å². The second-order valence-electron chi connectivity index (χ2n) is 5.75. The molecular formula is C16H18F4IN5S. The fraction of sp³-hybridized carbons (Fsp3) is 0.375. The Morgan fingerprint density at radius 2 is 1.78 bits per heavy atom. The first-order valence-electron chi connectivity index (χ1n) is 7.90. The lowest BCUT2D eigenvalue weighted by Crippen LogP contribution is -2.51. The summed E-state index contributed by atoms with van der Waals surface area (Å²) < 4.78 is 50.6. The first-order chi connectivity index (χ1) is 12.3. The molecule has 0 radical (unpaired) electrons. The van der Waals surface area contributed by atoms with E-state index in [4.69, 9.17) is 5.73 Å². The summed E-state index contributed by atoms with van der Waals surface area (Å²) in [4.78, 5) is 11.7. The zero-order valence-corrected chi connectivity index (χ0v) is 17.3. The van der Waals surface area contributed by atoms with Gasteiger partial charge in [0.1, 0.15) is 10.8 Å². The van der Waals surface area contributed by atoms with Crippen molar-refractivity contribution < 1.29 is 17.6 Å². The van der Waals surface area contributed by atoms with Crippen molar-refractivity contribution in [3.63, 3.8) is 0 Å². The molecule has 0 saturated carbocycles. The highest BCUT2D eigenvalue weighted by atomic mass is 127. The number of hydrogen-bond acceptors (Lipinski definition) is 4. The minimum atomic E-state index is -4.44. The molecule has 0 amide bonds. The maximum Gasteiger partial charge on any atom is 0.434 e. The van der Waals surface area contributed by atoms with Gasteiger partial charge in [-0.05, 0) is 24.3 Å². The lowest BCUT2D eigenvalue weighted by molar-refractivity contribution is -0.140. The fourth-order valence-corrected chi connectivity index (χ4v) is 3.33.